The van der Waals surface area contributed by atoms with Gasteiger partial charge < -0.3 is 15.4 Å². The van der Waals surface area contributed by atoms with E-state index in [2.05, 4.69) is 20.6 Å². The number of benzene rings is 2. The number of nitrogens with zero attached hydrogens (tertiary/aromatic N) is 2. The molecule has 2 heterocycles. The van der Waals surface area contributed by atoms with Crippen molar-refractivity contribution in [1.29, 1.82) is 0 Å². The number of nitrogens with one attached hydrogen (secondary N) is 2. The quantitative estimate of drug-likeness (QED) is 0.125. The van der Waals surface area contributed by atoms with E-state index in [9.17, 15) is 27.6 Å². The first-order valence-electron chi connectivity index (χ1n) is 12.2. The molecule has 0 aliphatic heterocycles. The van der Waals surface area contributed by atoms with E-state index in [1.54, 1.807) is 74.5 Å². The first-order valence-corrected chi connectivity index (χ1v) is 14.0. The van der Waals surface area contributed by atoms with Gasteiger partial charge in [-0.25, -0.2) is 14.8 Å². The van der Waals surface area contributed by atoms with Crippen LogP contribution < -0.4 is 10.6 Å². The van der Waals surface area contributed by atoms with Gasteiger partial charge in [0.05, 0.1) is 23.6 Å². The average molecular weight is 601 g/mol. The van der Waals surface area contributed by atoms with Crippen LogP contribution in [0.5, 0.6) is 0 Å². The molecular weight excluding hydrogens is 577 g/mol. The van der Waals surface area contributed by atoms with Crippen molar-refractivity contribution < 1.29 is 32.3 Å². The van der Waals surface area contributed by atoms with Gasteiger partial charge in [-0.3, -0.25) is 9.59 Å². The standard InChI is InChI=1S/C28H23F3N4O4S2/c1-3-39-26(38)23-16(2)22(24(37)32-18-12-8-5-9-13-18)25(41-23)35-21(36)15-40-27-33-19(17-10-6-4-7-11-17)14-20(34-27)28(29,30)31/h4-14H,3,15H2,1-2H3,(H,32,37)(H,35,36). The number of carbonyl (C=O) groups excluding carboxylic acids is 3. The normalized spacial score (nSPS) is 11.1. The van der Waals surface area contributed by atoms with E-state index in [1.165, 1.54) is 0 Å². The highest BCUT2D eigenvalue weighted by molar-refractivity contribution is 7.99. The summed E-state index contributed by atoms with van der Waals surface area (Å²) in [5.41, 5.74) is 0.275. The number of hydrogen-bond acceptors (Lipinski definition) is 8. The second-order valence-corrected chi connectivity index (χ2v) is 10.4. The Morgan fingerprint density at radius 2 is 1.63 bits per heavy atom. The number of rotatable bonds is 9. The van der Waals surface area contributed by atoms with Crippen molar-refractivity contribution in [3.8, 4) is 11.3 Å². The van der Waals surface area contributed by atoms with Crippen molar-refractivity contribution in [3.05, 3.63) is 88.4 Å². The molecule has 8 nitrogen and oxygen atoms in total. The predicted octanol–water partition coefficient (Wildman–Crippen LogP) is 6.69. The fourth-order valence-electron chi connectivity index (χ4n) is 3.67. The largest absolute Gasteiger partial charge is 0.462 e. The van der Waals surface area contributed by atoms with Crippen LogP contribution in [0.15, 0.2) is 71.9 Å². The van der Waals surface area contributed by atoms with Crippen LogP contribution in [-0.2, 0) is 15.7 Å². The van der Waals surface area contributed by atoms with E-state index in [-0.39, 0.29) is 38.7 Å². The van der Waals surface area contributed by atoms with Crippen LogP contribution in [0.3, 0.4) is 0 Å². The lowest BCUT2D eigenvalue weighted by Crippen LogP contribution is -2.19. The highest BCUT2D eigenvalue weighted by Gasteiger charge is 2.34. The molecule has 0 aliphatic rings. The lowest BCUT2D eigenvalue weighted by Gasteiger charge is -2.11. The molecule has 212 valence electrons. The summed E-state index contributed by atoms with van der Waals surface area (Å²) in [4.78, 5) is 46.5. The topological polar surface area (TPSA) is 110 Å². The number of para-hydroxylation sites is 1. The van der Waals surface area contributed by atoms with E-state index in [1.807, 2.05) is 0 Å². The number of anilines is 2. The lowest BCUT2D eigenvalue weighted by atomic mass is 10.1. The second kappa shape index (κ2) is 13.0. The molecular formula is C28H23F3N4O4S2. The van der Waals surface area contributed by atoms with Crippen molar-refractivity contribution in [2.75, 3.05) is 23.0 Å². The number of aromatic nitrogens is 2. The fraction of sp³-hybridized carbons (Fsp3) is 0.179. The Morgan fingerprint density at radius 3 is 2.27 bits per heavy atom. The minimum atomic E-state index is -4.72. The van der Waals surface area contributed by atoms with Gasteiger partial charge in [0.2, 0.25) is 5.91 Å². The van der Waals surface area contributed by atoms with E-state index in [0.717, 1.165) is 17.4 Å². The predicted molar refractivity (Wildman–Crippen MR) is 151 cm³/mol. The minimum absolute atomic E-state index is 0.0589. The molecule has 2 aromatic carbocycles. The molecule has 0 unspecified atom stereocenters. The Kier molecular flexibility index (Phi) is 9.40. The average Bonchev–Trinajstić information content (AvgIpc) is 3.28. The highest BCUT2D eigenvalue weighted by atomic mass is 32.2. The number of amides is 2. The summed E-state index contributed by atoms with van der Waals surface area (Å²) in [5.74, 6) is -2.20. The highest BCUT2D eigenvalue weighted by Crippen LogP contribution is 2.35. The number of esters is 1. The first kappa shape index (κ1) is 29.7. The number of carbonyl (C=O) groups is 3. The zero-order valence-corrected chi connectivity index (χ0v) is 23.4. The molecule has 4 rings (SSSR count). The van der Waals surface area contributed by atoms with Crippen LogP contribution in [0.1, 0.15) is 38.2 Å². The Labute approximate surface area is 241 Å². The van der Waals surface area contributed by atoms with Gasteiger partial charge in [-0.15, -0.1) is 11.3 Å². The van der Waals surface area contributed by atoms with Gasteiger partial charge in [-0.1, -0.05) is 60.3 Å². The third-order valence-corrected chi connectivity index (χ3v) is 7.55. The maximum atomic E-state index is 13.5. The van der Waals surface area contributed by atoms with Crippen molar-refractivity contribution in [3.63, 3.8) is 0 Å². The lowest BCUT2D eigenvalue weighted by molar-refractivity contribution is -0.141. The van der Waals surface area contributed by atoms with E-state index in [4.69, 9.17) is 4.74 Å². The molecule has 0 fully saturated rings. The van der Waals surface area contributed by atoms with Crippen LogP contribution >= 0.6 is 23.1 Å². The van der Waals surface area contributed by atoms with Crippen LogP contribution in [0.4, 0.5) is 23.9 Å². The summed E-state index contributed by atoms with van der Waals surface area (Å²) >= 11 is 1.58. The number of hydrogen-bond donors (Lipinski definition) is 2. The molecule has 13 heteroatoms. The molecule has 0 spiro atoms. The Bertz CT molecular complexity index is 1560. The number of alkyl halides is 3. The van der Waals surface area contributed by atoms with Crippen LogP contribution in [0.25, 0.3) is 11.3 Å². The third kappa shape index (κ3) is 7.50. The van der Waals surface area contributed by atoms with Crippen LogP contribution in [-0.4, -0.2) is 40.1 Å². The number of thioether (sulfide) groups is 1. The molecule has 4 aromatic rings. The van der Waals surface area contributed by atoms with Crippen molar-refractivity contribution in [1.82, 2.24) is 9.97 Å². The number of thiophene rings is 1. The van der Waals surface area contributed by atoms with Crippen molar-refractivity contribution in [2.24, 2.45) is 0 Å². The maximum Gasteiger partial charge on any atom is 0.433 e. The van der Waals surface area contributed by atoms with Gasteiger partial charge in [0, 0.05) is 11.3 Å². The molecule has 2 aromatic heterocycles. The summed E-state index contributed by atoms with van der Waals surface area (Å²) in [7, 11) is 0. The zero-order valence-electron chi connectivity index (χ0n) is 21.7. The zero-order chi connectivity index (χ0) is 29.6. The van der Waals surface area contributed by atoms with Gasteiger partial charge in [0.1, 0.15) is 15.6 Å². The fourth-order valence-corrected chi connectivity index (χ4v) is 5.44. The van der Waals surface area contributed by atoms with E-state index in [0.29, 0.717) is 28.6 Å². The molecule has 0 radical (unpaired) electrons. The minimum Gasteiger partial charge on any atom is -0.462 e. The molecule has 2 amide bonds. The molecule has 41 heavy (non-hydrogen) atoms. The smallest absolute Gasteiger partial charge is 0.433 e. The summed E-state index contributed by atoms with van der Waals surface area (Å²) < 4.78 is 45.7. The SMILES string of the molecule is CCOC(=O)c1sc(NC(=O)CSc2nc(-c3ccccc3)cc(C(F)(F)F)n2)c(C(=O)Nc2ccccc2)c1C. The van der Waals surface area contributed by atoms with Gasteiger partial charge in [0.25, 0.3) is 5.91 Å². The second-order valence-electron chi connectivity index (χ2n) is 8.42. The van der Waals surface area contributed by atoms with Gasteiger partial charge in [0.15, 0.2) is 5.16 Å². The Morgan fingerprint density at radius 1 is 0.976 bits per heavy atom. The molecule has 0 bridgehead atoms. The van der Waals surface area contributed by atoms with E-state index < -0.39 is 29.7 Å². The molecule has 0 saturated heterocycles. The van der Waals surface area contributed by atoms with E-state index >= 15 is 0 Å². The van der Waals surface area contributed by atoms with Gasteiger partial charge in [-0.2, -0.15) is 13.2 Å². The summed E-state index contributed by atoms with van der Waals surface area (Å²) in [6, 6.07) is 17.8. The van der Waals surface area contributed by atoms with Gasteiger partial charge in [-0.05, 0) is 37.6 Å². The number of halogens is 3. The Balaban J connectivity index is 1.57. The summed E-state index contributed by atoms with van der Waals surface area (Å²) in [6.45, 7) is 3.32. The number of ether oxygens (including phenoxy) is 1. The Hall–Kier alpha value is -4.23. The molecule has 2 N–H and O–H groups in total. The van der Waals surface area contributed by atoms with Crippen molar-refractivity contribution in [2.45, 2.75) is 25.2 Å². The van der Waals surface area contributed by atoms with Gasteiger partial charge >= 0.3 is 12.1 Å². The van der Waals surface area contributed by atoms with Crippen LogP contribution in [0, 0.1) is 6.92 Å². The van der Waals surface area contributed by atoms with Crippen molar-refractivity contribution >= 4 is 51.6 Å². The molecule has 0 atom stereocenters. The summed E-state index contributed by atoms with van der Waals surface area (Å²) in [6.07, 6.45) is -4.72. The first-order chi connectivity index (χ1) is 19.6. The van der Waals surface area contributed by atoms with Crippen LogP contribution in [0.2, 0.25) is 0 Å². The molecule has 0 saturated carbocycles. The summed E-state index contributed by atoms with van der Waals surface area (Å²) in [5, 5.41) is 5.19. The molecule has 0 aliphatic carbocycles. The maximum absolute atomic E-state index is 13.5. The third-order valence-electron chi connectivity index (χ3n) is 5.52. The monoisotopic (exact) mass is 600 g/mol.